The molecule has 0 aromatic carbocycles. The number of aliphatic hydroxyl groups is 1. The van der Waals surface area contributed by atoms with Crippen LogP contribution in [0.4, 0.5) is 0 Å². The van der Waals surface area contributed by atoms with Crippen molar-refractivity contribution < 1.29 is 19.8 Å². The van der Waals surface area contributed by atoms with Gasteiger partial charge in [-0.3, -0.25) is 9.59 Å². The highest BCUT2D eigenvalue weighted by Crippen LogP contribution is 2.21. The van der Waals surface area contributed by atoms with E-state index < -0.39 is 12.1 Å². The quantitative estimate of drug-likeness (QED) is 0.301. The first-order chi connectivity index (χ1) is 13.0. The van der Waals surface area contributed by atoms with Gasteiger partial charge in [-0.2, -0.15) is 11.8 Å². The predicted octanol–water partition coefficient (Wildman–Crippen LogP) is 3.32. The summed E-state index contributed by atoms with van der Waals surface area (Å²) in [7, 11) is 0. The first-order valence-corrected chi connectivity index (χ1v) is 11.0. The van der Waals surface area contributed by atoms with Crippen molar-refractivity contribution in [3.05, 3.63) is 12.2 Å². The molecule has 6 heteroatoms. The summed E-state index contributed by atoms with van der Waals surface area (Å²) in [6, 6.07) is 0.0464. The molecule has 0 bridgehead atoms. The van der Waals surface area contributed by atoms with Crippen LogP contribution in [0.2, 0.25) is 0 Å². The van der Waals surface area contributed by atoms with Crippen LogP contribution in [0.15, 0.2) is 12.2 Å². The molecule has 0 aromatic heterocycles. The summed E-state index contributed by atoms with van der Waals surface area (Å²) < 4.78 is 0. The Balaban J connectivity index is 2.38. The number of carboxylic acid groups (broad SMARTS) is 1. The molecule has 0 radical (unpaired) electrons. The summed E-state index contributed by atoms with van der Waals surface area (Å²) in [5.41, 5.74) is 0. The van der Waals surface area contributed by atoms with Crippen molar-refractivity contribution in [2.24, 2.45) is 5.92 Å². The summed E-state index contributed by atoms with van der Waals surface area (Å²) in [5.74, 6) is 7.28. The summed E-state index contributed by atoms with van der Waals surface area (Å²) in [5, 5.41) is 18.9. The summed E-state index contributed by atoms with van der Waals surface area (Å²) >= 11 is 1.68. The molecule has 5 nitrogen and oxygen atoms in total. The number of hydrogen-bond acceptors (Lipinski definition) is 4. The maximum atomic E-state index is 12.1. The molecule has 0 aliphatic carbocycles. The lowest BCUT2D eigenvalue weighted by atomic mass is 10.00. The third-order valence-electron chi connectivity index (χ3n) is 4.57. The molecule has 1 saturated heterocycles. The Labute approximate surface area is 167 Å². The first-order valence-electron chi connectivity index (χ1n) is 9.86. The molecule has 1 aliphatic rings. The van der Waals surface area contributed by atoms with E-state index in [2.05, 4.69) is 18.8 Å². The third kappa shape index (κ3) is 9.88. The van der Waals surface area contributed by atoms with E-state index in [1.807, 2.05) is 24.0 Å². The van der Waals surface area contributed by atoms with Gasteiger partial charge in [-0.15, -0.1) is 11.8 Å². The van der Waals surface area contributed by atoms with E-state index >= 15 is 0 Å². The number of aliphatic carboxylic acids is 1. The smallest absolute Gasteiger partial charge is 0.303 e. The highest BCUT2D eigenvalue weighted by molar-refractivity contribution is 7.99. The third-order valence-corrected chi connectivity index (χ3v) is 5.62. The number of likely N-dealkylation sites (tertiary alicyclic amines) is 1. The molecule has 1 fully saturated rings. The number of carbonyl (C=O) groups is 2. The average molecular weight is 396 g/mol. The molecule has 3 atom stereocenters. The van der Waals surface area contributed by atoms with E-state index in [4.69, 9.17) is 5.11 Å². The Morgan fingerprint density at radius 3 is 2.89 bits per heavy atom. The predicted molar refractivity (Wildman–Crippen MR) is 111 cm³/mol. The van der Waals surface area contributed by atoms with Crippen molar-refractivity contribution in [2.75, 3.05) is 18.1 Å². The Morgan fingerprint density at radius 1 is 1.41 bits per heavy atom. The van der Waals surface area contributed by atoms with Gasteiger partial charge < -0.3 is 15.1 Å². The summed E-state index contributed by atoms with van der Waals surface area (Å²) in [6.45, 7) is 4.75. The van der Waals surface area contributed by atoms with Gasteiger partial charge in [-0.05, 0) is 30.9 Å². The van der Waals surface area contributed by atoms with Gasteiger partial charge in [0.1, 0.15) is 0 Å². The molecule has 0 spiro atoms. The van der Waals surface area contributed by atoms with Crippen LogP contribution in [-0.4, -0.2) is 57.2 Å². The van der Waals surface area contributed by atoms with E-state index in [0.717, 1.165) is 30.8 Å². The van der Waals surface area contributed by atoms with Crippen molar-refractivity contribution in [1.82, 2.24) is 4.90 Å². The summed E-state index contributed by atoms with van der Waals surface area (Å²) in [6.07, 6.45) is 8.02. The molecule has 2 unspecified atom stereocenters. The van der Waals surface area contributed by atoms with Crippen molar-refractivity contribution in [2.45, 2.75) is 70.9 Å². The molecule has 27 heavy (non-hydrogen) atoms. The van der Waals surface area contributed by atoms with E-state index in [9.17, 15) is 14.7 Å². The number of hydrogen-bond donors (Lipinski definition) is 2. The van der Waals surface area contributed by atoms with E-state index in [0.29, 0.717) is 25.8 Å². The number of aliphatic hydroxyl groups excluding tert-OH is 1. The Bertz CT molecular complexity index is 552. The zero-order chi connectivity index (χ0) is 20.1. The van der Waals surface area contributed by atoms with E-state index in [1.54, 1.807) is 11.8 Å². The van der Waals surface area contributed by atoms with Crippen LogP contribution in [-0.2, 0) is 9.59 Å². The SMILES string of the molecule is CCCC#CCC(C)C(O)/C=C/[C@H]1CCC(=O)N1CCSCCCC(=O)O. The molecule has 1 aliphatic heterocycles. The fraction of sp³-hybridized carbons (Fsp3) is 0.714. The topological polar surface area (TPSA) is 77.8 Å². The van der Waals surface area contributed by atoms with Crippen LogP contribution in [0.25, 0.3) is 0 Å². The van der Waals surface area contributed by atoms with Gasteiger partial charge in [0.2, 0.25) is 5.91 Å². The lowest BCUT2D eigenvalue weighted by Crippen LogP contribution is -2.34. The number of thioether (sulfide) groups is 1. The van der Waals surface area contributed by atoms with Gasteiger partial charge in [-0.25, -0.2) is 0 Å². The fourth-order valence-electron chi connectivity index (χ4n) is 2.84. The van der Waals surface area contributed by atoms with Gasteiger partial charge in [0.05, 0.1) is 12.1 Å². The maximum absolute atomic E-state index is 12.1. The van der Waals surface area contributed by atoms with Gasteiger partial charge in [0.25, 0.3) is 0 Å². The number of rotatable bonds is 12. The normalized spacial score (nSPS) is 19.1. The second-order valence-electron chi connectivity index (χ2n) is 6.96. The molecule has 2 N–H and O–H groups in total. The van der Waals surface area contributed by atoms with Gasteiger partial charge >= 0.3 is 5.97 Å². The average Bonchev–Trinajstić information content (AvgIpc) is 2.99. The second-order valence-corrected chi connectivity index (χ2v) is 8.19. The number of amides is 1. The van der Waals surface area contributed by atoms with Crippen LogP contribution in [0.3, 0.4) is 0 Å². The monoisotopic (exact) mass is 395 g/mol. The van der Waals surface area contributed by atoms with Crippen LogP contribution < -0.4 is 0 Å². The minimum absolute atomic E-state index is 0.0464. The molecular weight excluding hydrogens is 362 g/mol. The molecule has 152 valence electrons. The minimum atomic E-state index is -0.764. The minimum Gasteiger partial charge on any atom is -0.481 e. The number of nitrogens with zero attached hydrogens (tertiary/aromatic N) is 1. The van der Waals surface area contributed by atoms with Gasteiger partial charge in [-0.1, -0.05) is 26.0 Å². The lowest BCUT2D eigenvalue weighted by Gasteiger charge is -2.23. The van der Waals surface area contributed by atoms with Gasteiger partial charge in [0.15, 0.2) is 0 Å². The van der Waals surface area contributed by atoms with E-state index in [-0.39, 0.29) is 24.3 Å². The Kier molecular flexibility index (Phi) is 12.0. The molecule has 1 amide bonds. The van der Waals surface area contributed by atoms with Crippen molar-refractivity contribution in [3.63, 3.8) is 0 Å². The zero-order valence-electron chi connectivity index (χ0n) is 16.5. The molecule has 0 saturated carbocycles. The molecular formula is C21H33NO4S. The Morgan fingerprint density at radius 2 is 2.19 bits per heavy atom. The zero-order valence-corrected chi connectivity index (χ0v) is 17.3. The van der Waals surface area contributed by atoms with E-state index in [1.165, 1.54) is 0 Å². The van der Waals surface area contributed by atoms with Crippen molar-refractivity contribution >= 4 is 23.6 Å². The maximum Gasteiger partial charge on any atom is 0.303 e. The first kappa shape index (κ1) is 23.6. The highest BCUT2D eigenvalue weighted by atomic mass is 32.2. The second kappa shape index (κ2) is 13.7. The number of carboxylic acids is 1. The molecule has 1 rings (SSSR count). The highest BCUT2D eigenvalue weighted by Gasteiger charge is 2.28. The Hall–Kier alpha value is -1.45. The molecule has 0 aromatic rings. The molecule has 1 heterocycles. The number of unbranched alkanes of at least 4 members (excludes halogenated alkanes) is 1. The van der Waals surface area contributed by atoms with Crippen LogP contribution in [0, 0.1) is 17.8 Å². The summed E-state index contributed by atoms with van der Waals surface area (Å²) in [4.78, 5) is 24.5. The van der Waals surface area contributed by atoms with Crippen molar-refractivity contribution in [1.29, 1.82) is 0 Å². The van der Waals surface area contributed by atoms with Crippen LogP contribution >= 0.6 is 11.8 Å². The van der Waals surface area contributed by atoms with Gasteiger partial charge in [0, 0.05) is 38.0 Å². The van der Waals surface area contributed by atoms with Crippen LogP contribution in [0.5, 0.6) is 0 Å². The number of carbonyl (C=O) groups excluding carboxylic acids is 1. The fourth-order valence-corrected chi connectivity index (χ4v) is 3.71. The lowest BCUT2D eigenvalue weighted by molar-refractivity contribution is -0.137. The van der Waals surface area contributed by atoms with Crippen LogP contribution in [0.1, 0.15) is 58.8 Å². The van der Waals surface area contributed by atoms with Crippen molar-refractivity contribution in [3.8, 4) is 11.8 Å². The standard InChI is InChI=1S/C21H33NO4S/c1-3-4-5-6-8-17(2)19(23)12-10-18-11-13-20(24)22(18)14-16-27-15-7-9-21(25)26/h10,12,17-19,23H,3-4,7-9,11,13-16H2,1-2H3,(H,25,26)/b12-10+/t17?,18-,19?/m0/s1. The largest absolute Gasteiger partial charge is 0.481 e.